The number of benzene rings is 3. The largest absolute Gasteiger partial charge is 0.465 e. The standard InChI is InChI=1S/C28H29N3O3/c1-18(2)22-12-9-19(3)24(15-22)30-27(32)16-26-29-23-7-5-6-8-25(23)31(26)17-20-10-13-21(14-11-20)28(33)34-4/h5-15,18H,16-17H2,1-4H3,(H,30,32). The van der Waals surface area contributed by atoms with Crippen LogP contribution in [0.15, 0.2) is 66.7 Å². The van der Waals surface area contributed by atoms with E-state index in [-0.39, 0.29) is 18.3 Å². The van der Waals surface area contributed by atoms with Gasteiger partial charge in [0.2, 0.25) is 5.91 Å². The molecular formula is C28H29N3O3. The first-order valence-electron chi connectivity index (χ1n) is 11.4. The number of carbonyl (C=O) groups excluding carboxylic acids is 2. The minimum absolute atomic E-state index is 0.110. The van der Waals surface area contributed by atoms with Crippen LogP contribution in [0.3, 0.4) is 0 Å². The molecule has 0 atom stereocenters. The third kappa shape index (κ3) is 5.01. The molecule has 6 heteroatoms. The lowest BCUT2D eigenvalue weighted by Gasteiger charge is -2.13. The van der Waals surface area contributed by atoms with E-state index < -0.39 is 0 Å². The number of aryl methyl sites for hydroxylation is 1. The number of methoxy groups -OCH3 is 1. The van der Waals surface area contributed by atoms with Gasteiger partial charge in [0.15, 0.2) is 0 Å². The number of rotatable bonds is 7. The van der Waals surface area contributed by atoms with Gasteiger partial charge < -0.3 is 14.6 Å². The molecule has 0 bridgehead atoms. The SMILES string of the molecule is COC(=O)c1ccc(Cn2c(CC(=O)Nc3cc(C(C)C)ccc3C)nc3ccccc32)cc1. The van der Waals surface area contributed by atoms with Gasteiger partial charge in [0.05, 0.1) is 30.1 Å². The summed E-state index contributed by atoms with van der Waals surface area (Å²) in [6, 6.07) is 21.3. The minimum atomic E-state index is -0.367. The number of fused-ring (bicyclic) bond motifs is 1. The monoisotopic (exact) mass is 455 g/mol. The van der Waals surface area contributed by atoms with Crippen LogP contribution in [0.2, 0.25) is 0 Å². The third-order valence-corrected chi connectivity index (χ3v) is 5.97. The van der Waals surface area contributed by atoms with Crippen LogP contribution in [-0.4, -0.2) is 28.5 Å². The van der Waals surface area contributed by atoms with Crippen LogP contribution >= 0.6 is 0 Å². The number of carbonyl (C=O) groups is 2. The summed E-state index contributed by atoms with van der Waals surface area (Å²) in [5.74, 6) is 0.592. The van der Waals surface area contributed by atoms with E-state index in [1.807, 2.05) is 55.5 Å². The van der Waals surface area contributed by atoms with E-state index in [1.165, 1.54) is 12.7 Å². The van der Waals surface area contributed by atoms with Crippen molar-refractivity contribution in [3.05, 3.63) is 94.8 Å². The maximum Gasteiger partial charge on any atom is 0.337 e. The van der Waals surface area contributed by atoms with Crippen LogP contribution in [0.5, 0.6) is 0 Å². The fourth-order valence-corrected chi connectivity index (χ4v) is 3.95. The maximum atomic E-state index is 13.0. The highest BCUT2D eigenvalue weighted by Gasteiger charge is 2.16. The number of ether oxygens (including phenoxy) is 1. The molecule has 0 aliphatic rings. The summed E-state index contributed by atoms with van der Waals surface area (Å²) in [6.45, 7) is 6.80. The topological polar surface area (TPSA) is 73.2 Å². The number of esters is 1. The summed E-state index contributed by atoms with van der Waals surface area (Å²) in [7, 11) is 1.37. The van der Waals surface area contributed by atoms with Crippen LogP contribution in [0.4, 0.5) is 5.69 Å². The van der Waals surface area contributed by atoms with E-state index in [0.717, 1.165) is 27.8 Å². The Morgan fingerprint density at radius 3 is 2.47 bits per heavy atom. The minimum Gasteiger partial charge on any atom is -0.465 e. The summed E-state index contributed by atoms with van der Waals surface area (Å²) >= 11 is 0. The van der Waals surface area contributed by atoms with Crippen molar-refractivity contribution in [1.29, 1.82) is 0 Å². The highest BCUT2D eigenvalue weighted by molar-refractivity contribution is 5.93. The summed E-state index contributed by atoms with van der Waals surface area (Å²) in [4.78, 5) is 29.5. The number of hydrogen-bond acceptors (Lipinski definition) is 4. The number of amides is 1. The maximum absolute atomic E-state index is 13.0. The van der Waals surface area contributed by atoms with Gasteiger partial charge in [-0.25, -0.2) is 9.78 Å². The molecule has 0 spiro atoms. The Bertz CT molecular complexity index is 1340. The predicted octanol–water partition coefficient (Wildman–Crippen LogP) is 5.48. The van der Waals surface area contributed by atoms with Crippen molar-refractivity contribution in [2.75, 3.05) is 12.4 Å². The number of para-hydroxylation sites is 2. The zero-order valence-corrected chi connectivity index (χ0v) is 20.0. The molecule has 4 rings (SSSR count). The van der Waals surface area contributed by atoms with E-state index in [4.69, 9.17) is 9.72 Å². The van der Waals surface area contributed by atoms with Gasteiger partial charge in [-0.05, 0) is 59.9 Å². The van der Waals surface area contributed by atoms with Crippen molar-refractivity contribution in [3.8, 4) is 0 Å². The lowest BCUT2D eigenvalue weighted by atomic mass is 10.0. The van der Waals surface area contributed by atoms with Gasteiger partial charge in [0, 0.05) is 12.2 Å². The van der Waals surface area contributed by atoms with E-state index >= 15 is 0 Å². The average molecular weight is 456 g/mol. The van der Waals surface area contributed by atoms with Gasteiger partial charge in [0.25, 0.3) is 0 Å². The summed E-state index contributed by atoms with van der Waals surface area (Å²) in [5, 5.41) is 3.07. The number of nitrogens with one attached hydrogen (secondary N) is 1. The highest BCUT2D eigenvalue weighted by Crippen LogP contribution is 2.23. The summed E-state index contributed by atoms with van der Waals surface area (Å²) in [6.07, 6.45) is 0.153. The second-order valence-electron chi connectivity index (χ2n) is 8.75. The van der Waals surface area contributed by atoms with Gasteiger partial charge in [-0.2, -0.15) is 0 Å². The summed E-state index contributed by atoms with van der Waals surface area (Å²) < 4.78 is 6.84. The highest BCUT2D eigenvalue weighted by atomic mass is 16.5. The molecule has 1 amide bonds. The fraction of sp³-hybridized carbons (Fsp3) is 0.250. The lowest BCUT2D eigenvalue weighted by Crippen LogP contribution is -2.18. The molecule has 0 fully saturated rings. The predicted molar refractivity (Wildman–Crippen MR) is 134 cm³/mol. The zero-order valence-electron chi connectivity index (χ0n) is 20.0. The fourth-order valence-electron chi connectivity index (χ4n) is 3.95. The molecule has 0 saturated heterocycles. The quantitative estimate of drug-likeness (QED) is 0.374. The molecule has 0 saturated carbocycles. The molecular weight excluding hydrogens is 426 g/mol. The first-order chi connectivity index (χ1) is 16.4. The molecule has 1 aromatic heterocycles. The van der Waals surface area contributed by atoms with Crippen molar-refractivity contribution in [2.24, 2.45) is 0 Å². The van der Waals surface area contributed by atoms with Gasteiger partial charge in [0.1, 0.15) is 5.82 Å². The first kappa shape index (κ1) is 23.2. The van der Waals surface area contributed by atoms with E-state index in [1.54, 1.807) is 12.1 Å². The van der Waals surface area contributed by atoms with E-state index in [0.29, 0.717) is 23.9 Å². The molecule has 3 aromatic carbocycles. The van der Waals surface area contributed by atoms with Gasteiger partial charge in [-0.3, -0.25) is 4.79 Å². The van der Waals surface area contributed by atoms with Gasteiger partial charge >= 0.3 is 5.97 Å². The van der Waals surface area contributed by atoms with Crippen molar-refractivity contribution in [2.45, 2.75) is 39.7 Å². The van der Waals surface area contributed by atoms with Crippen molar-refractivity contribution >= 4 is 28.6 Å². The summed E-state index contributed by atoms with van der Waals surface area (Å²) in [5.41, 5.74) is 6.34. The zero-order chi connectivity index (χ0) is 24.2. The second-order valence-corrected chi connectivity index (χ2v) is 8.75. The first-order valence-corrected chi connectivity index (χ1v) is 11.4. The van der Waals surface area contributed by atoms with Crippen LogP contribution in [0.1, 0.15) is 52.6 Å². The Kier molecular flexibility index (Phi) is 6.77. The number of aromatic nitrogens is 2. The molecule has 34 heavy (non-hydrogen) atoms. The Hall–Kier alpha value is -3.93. The van der Waals surface area contributed by atoms with Gasteiger partial charge in [-0.15, -0.1) is 0 Å². The molecule has 0 unspecified atom stereocenters. The van der Waals surface area contributed by atoms with Crippen LogP contribution < -0.4 is 5.32 Å². The molecule has 174 valence electrons. The van der Waals surface area contributed by atoms with Crippen molar-refractivity contribution in [1.82, 2.24) is 9.55 Å². The Morgan fingerprint density at radius 2 is 1.76 bits per heavy atom. The lowest BCUT2D eigenvalue weighted by molar-refractivity contribution is -0.115. The Morgan fingerprint density at radius 1 is 1.03 bits per heavy atom. The van der Waals surface area contributed by atoms with Crippen molar-refractivity contribution in [3.63, 3.8) is 0 Å². The number of hydrogen-bond donors (Lipinski definition) is 1. The Balaban J connectivity index is 1.60. The molecule has 0 aliphatic heterocycles. The molecule has 0 radical (unpaired) electrons. The van der Waals surface area contributed by atoms with Crippen LogP contribution in [-0.2, 0) is 22.5 Å². The number of anilines is 1. The molecule has 6 nitrogen and oxygen atoms in total. The second kappa shape index (κ2) is 9.91. The molecule has 4 aromatic rings. The van der Waals surface area contributed by atoms with E-state index in [9.17, 15) is 9.59 Å². The molecule has 1 heterocycles. The number of nitrogens with zero attached hydrogens (tertiary/aromatic N) is 2. The average Bonchev–Trinajstić information content (AvgIpc) is 3.17. The van der Waals surface area contributed by atoms with Crippen LogP contribution in [0, 0.1) is 6.92 Å². The third-order valence-electron chi connectivity index (χ3n) is 5.97. The Labute approximate surface area is 199 Å². The molecule has 0 aliphatic carbocycles. The van der Waals surface area contributed by atoms with Crippen molar-refractivity contribution < 1.29 is 14.3 Å². The smallest absolute Gasteiger partial charge is 0.337 e. The molecule has 1 N–H and O–H groups in total. The normalized spacial score (nSPS) is 11.1. The number of imidazole rings is 1. The van der Waals surface area contributed by atoms with Crippen LogP contribution in [0.25, 0.3) is 11.0 Å². The van der Waals surface area contributed by atoms with E-state index in [2.05, 4.69) is 29.8 Å². The van der Waals surface area contributed by atoms with Gasteiger partial charge in [-0.1, -0.05) is 50.2 Å².